The number of nitrogens with zero attached hydrogens (tertiary/aromatic N) is 2. The average Bonchev–Trinajstić information content (AvgIpc) is 2.48. The number of hydrogen-bond acceptors (Lipinski definition) is 3. The Hall–Kier alpha value is -1.82. The molecular weight excluding hydrogens is 256 g/mol. The van der Waals surface area contributed by atoms with Crippen LogP contribution in [0.15, 0.2) is 23.1 Å². The van der Waals surface area contributed by atoms with Gasteiger partial charge in [0, 0.05) is 51.5 Å². The molecule has 0 saturated carbocycles. The molecule has 1 fully saturated rings. The van der Waals surface area contributed by atoms with E-state index in [-0.39, 0.29) is 11.6 Å². The topological polar surface area (TPSA) is 68.4 Å². The summed E-state index contributed by atoms with van der Waals surface area (Å²) in [7, 11) is 0. The molecule has 1 aromatic rings. The second-order valence-corrected chi connectivity index (χ2v) is 5.06. The van der Waals surface area contributed by atoms with Crippen LogP contribution in [-0.2, 0) is 6.54 Å². The van der Waals surface area contributed by atoms with Crippen molar-refractivity contribution in [3.63, 3.8) is 0 Å². The van der Waals surface area contributed by atoms with Gasteiger partial charge in [-0.3, -0.25) is 9.69 Å². The summed E-state index contributed by atoms with van der Waals surface area (Å²) in [5, 5.41) is 2.90. The predicted octanol–water partition coefficient (Wildman–Crippen LogP) is 0.612. The summed E-state index contributed by atoms with van der Waals surface area (Å²) in [4.78, 5) is 29.6. The van der Waals surface area contributed by atoms with E-state index in [4.69, 9.17) is 0 Å². The molecule has 0 aromatic carbocycles. The molecule has 1 aliphatic rings. The smallest absolute Gasteiger partial charge is 0.317 e. The zero-order valence-electron chi connectivity index (χ0n) is 11.9. The maximum Gasteiger partial charge on any atom is 0.317 e. The van der Waals surface area contributed by atoms with Crippen LogP contribution in [0.25, 0.3) is 0 Å². The molecule has 0 unspecified atom stereocenters. The second-order valence-electron chi connectivity index (χ2n) is 5.06. The maximum absolute atomic E-state index is 11.8. The number of piperazine rings is 1. The van der Waals surface area contributed by atoms with Crippen LogP contribution in [0, 0.1) is 0 Å². The lowest BCUT2D eigenvalue weighted by molar-refractivity contribution is 0.135. The molecule has 0 atom stereocenters. The summed E-state index contributed by atoms with van der Waals surface area (Å²) in [6.45, 7) is 6.80. The van der Waals surface area contributed by atoms with Gasteiger partial charge in [0.25, 0.3) is 0 Å². The van der Waals surface area contributed by atoms with Crippen molar-refractivity contribution in [1.29, 1.82) is 0 Å². The Labute approximate surface area is 118 Å². The number of aromatic amines is 1. The van der Waals surface area contributed by atoms with Gasteiger partial charge in [-0.15, -0.1) is 0 Å². The highest BCUT2D eigenvalue weighted by Crippen LogP contribution is 2.07. The molecule has 0 radical (unpaired) electrons. The van der Waals surface area contributed by atoms with Gasteiger partial charge < -0.3 is 15.2 Å². The van der Waals surface area contributed by atoms with Crippen LogP contribution >= 0.6 is 0 Å². The van der Waals surface area contributed by atoms with Gasteiger partial charge >= 0.3 is 6.03 Å². The molecule has 1 aromatic heterocycles. The fraction of sp³-hybridized carbons (Fsp3) is 0.571. The van der Waals surface area contributed by atoms with Gasteiger partial charge in [-0.05, 0) is 12.0 Å². The minimum absolute atomic E-state index is 0.0375. The van der Waals surface area contributed by atoms with Gasteiger partial charge in [-0.2, -0.15) is 0 Å². The average molecular weight is 278 g/mol. The van der Waals surface area contributed by atoms with Crippen LogP contribution in [0.5, 0.6) is 0 Å². The molecule has 0 bridgehead atoms. The minimum atomic E-state index is -0.0776. The van der Waals surface area contributed by atoms with E-state index in [1.54, 1.807) is 12.3 Å². The quantitative estimate of drug-likeness (QED) is 0.848. The van der Waals surface area contributed by atoms with Crippen LogP contribution in [0.1, 0.15) is 18.9 Å². The molecule has 2 rings (SSSR count). The Morgan fingerprint density at radius 2 is 2.05 bits per heavy atom. The van der Waals surface area contributed by atoms with Crippen LogP contribution in [0.3, 0.4) is 0 Å². The molecule has 0 spiro atoms. The van der Waals surface area contributed by atoms with Crippen LogP contribution in [0.2, 0.25) is 0 Å². The van der Waals surface area contributed by atoms with Crippen LogP contribution in [0.4, 0.5) is 4.79 Å². The Morgan fingerprint density at radius 1 is 1.30 bits per heavy atom. The van der Waals surface area contributed by atoms with E-state index in [0.717, 1.165) is 51.3 Å². The third-order valence-corrected chi connectivity index (χ3v) is 3.44. The molecule has 0 aliphatic carbocycles. The Bertz CT molecular complexity index is 472. The number of aromatic nitrogens is 1. The monoisotopic (exact) mass is 278 g/mol. The first-order chi connectivity index (χ1) is 9.69. The molecule has 2 heterocycles. The fourth-order valence-corrected chi connectivity index (χ4v) is 2.25. The van der Waals surface area contributed by atoms with E-state index < -0.39 is 0 Å². The standard InChI is InChI=1S/C14H22N4O2/c1-2-5-15-14(20)18-8-6-17(7-9-18)11-12-3-4-13(19)16-10-12/h3-4,10H,2,5-9,11H2,1H3,(H,15,20)(H,16,19). The highest BCUT2D eigenvalue weighted by molar-refractivity contribution is 5.74. The molecular formula is C14H22N4O2. The largest absolute Gasteiger partial charge is 0.338 e. The van der Waals surface area contributed by atoms with Crippen molar-refractivity contribution in [2.24, 2.45) is 0 Å². The van der Waals surface area contributed by atoms with Crippen molar-refractivity contribution >= 4 is 6.03 Å². The summed E-state index contributed by atoms with van der Waals surface area (Å²) in [5.74, 6) is 0. The number of H-pyrrole nitrogens is 1. The lowest BCUT2D eigenvalue weighted by Crippen LogP contribution is -2.51. The number of carbonyl (C=O) groups is 1. The molecule has 2 N–H and O–H groups in total. The lowest BCUT2D eigenvalue weighted by atomic mass is 10.2. The van der Waals surface area contributed by atoms with Gasteiger partial charge in [-0.25, -0.2) is 4.79 Å². The second kappa shape index (κ2) is 7.09. The van der Waals surface area contributed by atoms with E-state index in [1.807, 2.05) is 17.9 Å². The van der Waals surface area contributed by atoms with Crippen molar-refractivity contribution in [3.8, 4) is 0 Å². The summed E-state index contributed by atoms with van der Waals surface area (Å²) in [6, 6.07) is 3.43. The highest BCUT2D eigenvalue weighted by Gasteiger charge is 2.20. The van der Waals surface area contributed by atoms with Crippen molar-refractivity contribution in [2.45, 2.75) is 19.9 Å². The minimum Gasteiger partial charge on any atom is -0.338 e. The van der Waals surface area contributed by atoms with E-state index in [1.165, 1.54) is 0 Å². The number of urea groups is 1. The molecule has 1 aliphatic heterocycles. The molecule has 2 amide bonds. The van der Waals surface area contributed by atoms with Gasteiger partial charge in [0.05, 0.1) is 0 Å². The molecule has 1 saturated heterocycles. The zero-order chi connectivity index (χ0) is 14.4. The van der Waals surface area contributed by atoms with Gasteiger partial charge in [0.15, 0.2) is 0 Å². The molecule has 6 nitrogen and oxygen atoms in total. The summed E-state index contributed by atoms with van der Waals surface area (Å²) in [5.41, 5.74) is 1.01. The number of pyridine rings is 1. The normalized spacial score (nSPS) is 16.1. The van der Waals surface area contributed by atoms with Crippen LogP contribution < -0.4 is 10.9 Å². The van der Waals surface area contributed by atoms with Gasteiger partial charge in [0.1, 0.15) is 0 Å². The summed E-state index contributed by atoms with van der Waals surface area (Å²) >= 11 is 0. The predicted molar refractivity (Wildman–Crippen MR) is 77.6 cm³/mol. The highest BCUT2D eigenvalue weighted by atomic mass is 16.2. The number of nitrogens with one attached hydrogen (secondary N) is 2. The zero-order valence-corrected chi connectivity index (χ0v) is 11.9. The molecule has 110 valence electrons. The summed E-state index contributed by atoms with van der Waals surface area (Å²) in [6.07, 6.45) is 2.71. The molecule has 6 heteroatoms. The van der Waals surface area contributed by atoms with Crippen LogP contribution in [-0.4, -0.2) is 53.5 Å². The maximum atomic E-state index is 11.8. The van der Waals surface area contributed by atoms with Crippen molar-refractivity contribution in [2.75, 3.05) is 32.7 Å². The first-order valence-corrected chi connectivity index (χ1v) is 7.12. The van der Waals surface area contributed by atoms with Crippen molar-refractivity contribution in [3.05, 3.63) is 34.2 Å². The van der Waals surface area contributed by atoms with Crippen molar-refractivity contribution < 1.29 is 4.79 Å². The Kier molecular flexibility index (Phi) is 5.17. The fourth-order valence-electron chi connectivity index (χ4n) is 2.25. The first kappa shape index (κ1) is 14.6. The van der Waals surface area contributed by atoms with E-state index in [2.05, 4.69) is 15.2 Å². The number of amides is 2. The number of rotatable bonds is 4. The number of carbonyl (C=O) groups excluding carboxylic acids is 1. The molecule has 20 heavy (non-hydrogen) atoms. The van der Waals surface area contributed by atoms with E-state index >= 15 is 0 Å². The Morgan fingerprint density at radius 3 is 2.65 bits per heavy atom. The summed E-state index contributed by atoms with van der Waals surface area (Å²) < 4.78 is 0. The van der Waals surface area contributed by atoms with E-state index in [0.29, 0.717) is 0 Å². The lowest BCUT2D eigenvalue weighted by Gasteiger charge is -2.34. The third kappa shape index (κ3) is 4.09. The first-order valence-electron chi connectivity index (χ1n) is 7.12. The Balaban J connectivity index is 1.78. The third-order valence-electron chi connectivity index (χ3n) is 3.44. The van der Waals surface area contributed by atoms with Gasteiger partial charge in [-0.1, -0.05) is 13.0 Å². The van der Waals surface area contributed by atoms with Crippen molar-refractivity contribution in [1.82, 2.24) is 20.1 Å². The van der Waals surface area contributed by atoms with Gasteiger partial charge in [0.2, 0.25) is 5.56 Å². The SMILES string of the molecule is CCCNC(=O)N1CCN(Cc2ccc(=O)[nH]c2)CC1. The van der Waals surface area contributed by atoms with E-state index in [9.17, 15) is 9.59 Å². The number of hydrogen-bond donors (Lipinski definition) is 2.